The third kappa shape index (κ3) is 3.81. The van der Waals surface area contributed by atoms with Gasteiger partial charge in [-0.2, -0.15) is 0 Å². The maximum Gasteiger partial charge on any atom is 0.0945 e. The first-order valence-electron chi connectivity index (χ1n) is 8.19. The number of anilines is 1. The van der Waals surface area contributed by atoms with E-state index in [0.29, 0.717) is 19.8 Å². The largest absolute Gasteiger partial charge is 0.389 e. The Labute approximate surface area is 136 Å². The standard InChI is InChI=1S/C20H23NO2/c1-2-10-23-14-18(22)13-21-20-9-5-8-17-11-15-6-3-4-7-16(15)12-19(17)20/h3-9,11-12,18,21-22H,2,10,13-14H2,1H3. The summed E-state index contributed by atoms with van der Waals surface area (Å²) in [6.07, 6.45) is 0.466. The maximum atomic E-state index is 9.99. The van der Waals surface area contributed by atoms with Crippen LogP contribution in [0.25, 0.3) is 21.5 Å². The average Bonchev–Trinajstić information content (AvgIpc) is 2.58. The summed E-state index contributed by atoms with van der Waals surface area (Å²) in [5, 5.41) is 18.2. The molecule has 120 valence electrons. The van der Waals surface area contributed by atoms with Crippen LogP contribution in [0.1, 0.15) is 13.3 Å². The summed E-state index contributed by atoms with van der Waals surface area (Å²) in [5.74, 6) is 0. The van der Waals surface area contributed by atoms with Crippen LogP contribution in [-0.4, -0.2) is 31.0 Å². The SMILES string of the molecule is CCCOCC(O)CNc1cccc2cc3ccccc3cc12. The van der Waals surface area contributed by atoms with Crippen molar-refractivity contribution in [1.82, 2.24) is 0 Å². The van der Waals surface area contributed by atoms with Gasteiger partial charge in [0.2, 0.25) is 0 Å². The van der Waals surface area contributed by atoms with Crippen LogP contribution < -0.4 is 5.32 Å². The van der Waals surface area contributed by atoms with Gasteiger partial charge < -0.3 is 15.2 Å². The Hall–Kier alpha value is -2.10. The molecule has 0 spiro atoms. The molecule has 0 aliphatic heterocycles. The maximum absolute atomic E-state index is 9.99. The van der Waals surface area contributed by atoms with Crippen LogP contribution in [-0.2, 0) is 4.74 Å². The zero-order valence-corrected chi connectivity index (χ0v) is 13.5. The van der Waals surface area contributed by atoms with Crippen molar-refractivity contribution in [2.45, 2.75) is 19.4 Å². The Morgan fingerprint density at radius 1 is 1.00 bits per heavy atom. The lowest BCUT2D eigenvalue weighted by Crippen LogP contribution is -2.25. The summed E-state index contributed by atoms with van der Waals surface area (Å²) in [5.41, 5.74) is 1.04. The van der Waals surface area contributed by atoms with E-state index in [4.69, 9.17) is 4.74 Å². The van der Waals surface area contributed by atoms with E-state index >= 15 is 0 Å². The predicted octanol–water partition coefficient (Wildman–Crippen LogP) is 4.19. The molecule has 2 N–H and O–H groups in total. The van der Waals surface area contributed by atoms with Crippen molar-refractivity contribution in [3.8, 4) is 0 Å². The number of hydrogen-bond acceptors (Lipinski definition) is 3. The van der Waals surface area contributed by atoms with Crippen LogP contribution in [0.15, 0.2) is 54.6 Å². The molecular weight excluding hydrogens is 286 g/mol. The van der Waals surface area contributed by atoms with E-state index in [-0.39, 0.29) is 0 Å². The summed E-state index contributed by atoms with van der Waals surface area (Å²) < 4.78 is 5.39. The van der Waals surface area contributed by atoms with E-state index < -0.39 is 6.10 Å². The first kappa shape index (κ1) is 15.8. The Balaban J connectivity index is 1.79. The first-order chi connectivity index (χ1) is 11.3. The number of fused-ring (bicyclic) bond motifs is 2. The lowest BCUT2D eigenvalue weighted by Gasteiger charge is -2.15. The molecule has 23 heavy (non-hydrogen) atoms. The van der Waals surface area contributed by atoms with Crippen molar-refractivity contribution in [2.24, 2.45) is 0 Å². The third-order valence-electron chi connectivity index (χ3n) is 3.93. The van der Waals surface area contributed by atoms with Crippen LogP contribution in [0.4, 0.5) is 5.69 Å². The fourth-order valence-electron chi connectivity index (χ4n) is 2.77. The zero-order valence-electron chi connectivity index (χ0n) is 13.5. The van der Waals surface area contributed by atoms with Crippen molar-refractivity contribution in [1.29, 1.82) is 0 Å². The van der Waals surface area contributed by atoms with Gasteiger partial charge in [0.15, 0.2) is 0 Å². The molecule has 3 aromatic rings. The molecule has 0 radical (unpaired) electrons. The molecule has 0 aliphatic carbocycles. The fourth-order valence-corrected chi connectivity index (χ4v) is 2.77. The number of hydrogen-bond donors (Lipinski definition) is 2. The first-order valence-corrected chi connectivity index (χ1v) is 8.19. The van der Waals surface area contributed by atoms with E-state index in [1.165, 1.54) is 21.5 Å². The lowest BCUT2D eigenvalue weighted by molar-refractivity contribution is 0.0437. The van der Waals surface area contributed by atoms with Gasteiger partial charge in [-0.15, -0.1) is 0 Å². The van der Waals surface area contributed by atoms with Gasteiger partial charge in [-0.25, -0.2) is 0 Å². The highest BCUT2D eigenvalue weighted by Gasteiger charge is 2.07. The summed E-state index contributed by atoms with van der Waals surface area (Å²) in [6, 6.07) is 19.0. The minimum Gasteiger partial charge on any atom is -0.389 e. The van der Waals surface area contributed by atoms with Gasteiger partial charge in [0, 0.05) is 24.2 Å². The van der Waals surface area contributed by atoms with Crippen LogP contribution in [0.2, 0.25) is 0 Å². The van der Waals surface area contributed by atoms with E-state index in [9.17, 15) is 5.11 Å². The van der Waals surface area contributed by atoms with E-state index in [1.807, 2.05) is 6.07 Å². The Kier molecular flexibility index (Phi) is 5.11. The average molecular weight is 309 g/mol. The molecule has 0 aromatic heterocycles. The number of benzene rings is 3. The number of aliphatic hydroxyl groups excluding tert-OH is 1. The molecule has 0 bridgehead atoms. The number of rotatable bonds is 7. The van der Waals surface area contributed by atoms with Crippen LogP contribution in [0.5, 0.6) is 0 Å². The highest BCUT2D eigenvalue weighted by molar-refractivity contribution is 6.03. The van der Waals surface area contributed by atoms with Gasteiger partial charge in [0.25, 0.3) is 0 Å². The molecule has 0 heterocycles. The van der Waals surface area contributed by atoms with Crippen LogP contribution in [0, 0.1) is 0 Å². The topological polar surface area (TPSA) is 41.5 Å². The molecule has 3 rings (SSSR count). The summed E-state index contributed by atoms with van der Waals surface area (Å²) in [4.78, 5) is 0. The molecule has 3 nitrogen and oxygen atoms in total. The van der Waals surface area contributed by atoms with Gasteiger partial charge in [0.1, 0.15) is 0 Å². The molecule has 3 heteroatoms. The quantitative estimate of drug-likeness (QED) is 0.508. The molecule has 1 unspecified atom stereocenters. The highest BCUT2D eigenvalue weighted by Crippen LogP contribution is 2.28. The Morgan fingerprint density at radius 3 is 2.52 bits per heavy atom. The van der Waals surface area contributed by atoms with Crippen molar-refractivity contribution >= 4 is 27.2 Å². The molecule has 1 atom stereocenters. The summed E-state index contributed by atoms with van der Waals surface area (Å²) >= 11 is 0. The zero-order chi connectivity index (χ0) is 16.1. The number of nitrogens with one attached hydrogen (secondary N) is 1. The molecular formula is C20H23NO2. The van der Waals surface area contributed by atoms with Gasteiger partial charge in [0.05, 0.1) is 12.7 Å². The summed E-state index contributed by atoms with van der Waals surface area (Å²) in [7, 11) is 0. The fraction of sp³-hybridized carbons (Fsp3) is 0.300. The number of ether oxygens (including phenoxy) is 1. The molecule has 3 aromatic carbocycles. The molecule has 0 saturated carbocycles. The minimum atomic E-state index is -0.503. The Bertz CT molecular complexity index is 785. The van der Waals surface area contributed by atoms with Crippen molar-refractivity contribution in [3.63, 3.8) is 0 Å². The lowest BCUT2D eigenvalue weighted by atomic mass is 10.0. The van der Waals surface area contributed by atoms with Crippen LogP contribution in [0.3, 0.4) is 0 Å². The van der Waals surface area contributed by atoms with E-state index in [1.54, 1.807) is 0 Å². The second-order valence-corrected chi connectivity index (χ2v) is 5.84. The molecule has 0 saturated heterocycles. The minimum absolute atomic E-state index is 0.370. The monoisotopic (exact) mass is 309 g/mol. The van der Waals surface area contributed by atoms with Gasteiger partial charge in [-0.05, 0) is 40.8 Å². The predicted molar refractivity (Wildman–Crippen MR) is 97.1 cm³/mol. The summed E-state index contributed by atoms with van der Waals surface area (Å²) in [6.45, 7) is 3.60. The molecule has 0 fully saturated rings. The third-order valence-corrected chi connectivity index (χ3v) is 3.93. The van der Waals surface area contributed by atoms with Gasteiger partial charge in [-0.3, -0.25) is 0 Å². The van der Waals surface area contributed by atoms with Crippen molar-refractivity contribution in [2.75, 3.05) is 25.1 Å². The van der Waals surface area contributed by atoms with E-state index in [2.05, 4.69) is 60.8 Å². The van der Waals surface area contributed by atoms with Crippen molar-refractivity contribution in [3.05, 3.63) is 54.6 Å². The highest BCUT2D eigenvalue weighted by atomic mass is 16.5. The Morgan fingerprint density at radius 2 is 1.74 bits per heavy atom. The van der Waals surface area contributed by atoms with Crippen LogP contribution >= 0.6 is 0 Å². The normalized spacial score (nSPS) is 12.6. The van der Waals surface area contributed by atoms with Gasteiger partial charge in [-0.1, -0.05) is 43.3 Å². The molecule has 0 aliphatic rings. The smallest absolute Gasteiger partial charge is 0.0945 e. The number of aliphatic hydroxyl groups is 1. The van der Waals surface area contributed by atoms with Crippen molar-refractivity contribution < 1.29 is 9.84 Å². The second-order valence-electron chi connectivity index (χ2n) is 5.84. The second kappa shape index (κ2) is 7.44. The molecule has 0 amide bonds. The van der Waals surface area contributed by atoms with Gasteiger partial charge >= 0.3 is 0 Å². The van der Waals surface area contributed by atoms with E-state index in [0.717, 1.165) is 12.1 Å².